The van der Waals surface area contributed by atoms with Crippen molar-refractivity contribution < 1.29 is 9.18 Å². The van der Waals surface area contributed by atoms with E-state index in [4.69, 9.17) is 0 Å². The molecule has 28 heavy (non-hydrogen) atoms. The maximum absolute atomic E-state index is 13.6. The first-order valence-corrected chi connectivity index (χ1v) is 9.37. The van der Waals surface area contributed by atoms with E-state index < -0.39 is 0 Å². The molecule has 138 valence electrons. The average molecular weight is 369 g/mol. The fourth-order valence-corrected chi connectivity index (χ4v) is 3.50. The minimum absolute atomic E-state index is 0.00687. The maximum atomic E-state index is 13.6. The Balaban J connectivity index is 1.63. The number of pyridine rings is 1. The molecule has 4 aromatic rings. The van der Waals surface area contributed by atoms with Crippen LogP contribution in [0, 0.1) is 5.82 Å². The summed E-state index contributed by atoms with van der Waals surface area (Å²) < 4.78 is 13.6. The third-order valence-corrected chi connectivity index (χ3v) is 4.97. The first kappa shape index (κ1) is 18.1. The summed E-state index contributed by atoms with van der Waals surface area (Å²) in [7, 11) is 0. The summed E-state index contributed by atoms with van der Waals surface area (Å²) >= 11 is 0. The molecule has 3 aromatic carbocycles. The van der Waals surface area contributed by atoms with Gasteiger partial charge in [0.05, 0.1) is 5.52 Å². The van der Waals surface area contributed by atoms with Crippen molar-refractivity contribution in [2.45, 2.75) is 18.8 Å². The molecule has 1 heterocycles. The second kappa shape index (κ2) is 8.13. The number of aromatic nitrogens is 1. The Hall–Kier alpha value is -3.33. The van der Waals surface area contributed by atoms with Gasteiger partial charge in [-0.1, -0.05) is 66.7 Å². The lowest BCUT2D eigenvalue weighted by Crippen LogP contribution is -2.11. The Labute approximate surface area is 163 Å². The number of nitrogens with zero attached hydrogens (tertiary/aromatic N) is 1. The molecule has 0 amide bonds. The van der Waals surface area contributed by atoms with Gasteiger partial charge in [0.2, 0.25) is 0 Å². The Morgan fingerprint density at radius 1 is 0.857 bits per heavy atom. The van der Waals surface area contributed by atoms with Gasteiger partial charge in [0.15, 0.2) is 5.78 Å². The number of Topliss-reactive ketones (excluding diaryl/α,β-unsaturated/α-hetero) is 1. The molecule has 2 nitrogen and oxygen atoms in total. The van der Waals surface area contributed by atoms with Crippen LogP contribution in [0.5, 0.6) is 0 Å². The van der Waals surface area contributed by atoms with Crippen molar-refractivity contribution in [2.75, 3.05) is 0 Å². The molecule has 0 saturated carbocycles. The second-order valence-electron chi connectivity index (χ2n) is 6.94. The molecule has 0 radical (unpaired) electrons. The SMILES string of the molecule is O=C(CC(Cc1ccc2ccc(F)cc2n1)c1ccccc1)c1ccccc1. The summed E-state index contributed by atoms with van der Waals surface area (Å²) in [4.78, 5) is 17.4. The predicted octanol–water partition coefficient (Wildman–Crippen LogP) is 5.97. The molecule has 3 heteroatoms. The summed E-state index contributed by atoms with van der Waals surface area (Å²) in [5, 5.41) is 0.904. The topological polar surface area (TPSA) is 30.0 Å². The normalized spacial score (nSPS) is 12.0. The van der Waals surface area contributed by atoms with Gasteiger partial charge in [0.25, 0.3) is 0 Å². The summed E-state index contributed by atoms with van der Waals surface area (Å²) in [5.74, 6) is -0.176. The van der Waals surface area contributed by atoms with Crippen LogP contribution in [0.15, 0.2) is 91.0 Å². The van der Waals surface area contributed by atoms with Gasteiger partial charge >= 0.3 is 0 Å². The number of hydrogen-bond donors (Lipinski definition) is 0. The minimum atomic E-state index is -0.295. The van der Waals surface area contributed by atoms with Gasteiger partial charge in [-0.15, -0.1) is 0 Å². The smallest absolute Gasteiger partial charge is 0.163 e. The van der Waals surface area contributed by atoms with Gasteiger partial charge in [-0.05, 0) is 36.1 Å². The van der Waals surface area contributed by atoms with Gasteiger partial charge in [-0.25, -0.2) is 4.39 Å². The molecule has 0 aliphatic carbocycles. The Bertz CT molecular complexity index is 1090. The number of benzene rings is 3. The van der Waals surface area contributed by atoms with Gasteiger partial charge in [-0.2, -0.15) is 0 Å². The van der Waals surface area contributed by atoms with E-state index in [0.717, 1.165) is 22.2 Å². The zero-order valence-corrected chi connectivity index (χ0v) is 15.4. The van der Waals surface area contributed by atoms with Gasteiger partial charge in [-0.3, -0.25) is 9.78 Å². The van der Waals surface area contributed by atoms with Gasteiger partial charge in [0.1, 0.15) is 5.82 Å². The number of hydrogen-bond acceptors (Lipinski definition) is 2. The molecule has 1 aromatic heterocycles. The van der Waals surface area contributed by atoms with Crippen LogP contribution in [0.1, 0.15) is 34.0 Å². The van der Waals surface area contributed by atoms with Crippen molar-refractivity contribution in [1.29, 1.82) is 0 Å². The molecule has 4 rings (SSSR count). The largest absolute Gasteiger partial charge is 0.294 e. The number of rotatable bonds is 6. The number of fused-ring (bicyclic) bond motifs is 1. The fraction of sp³-hybridized carbons (Fsp3) is 0.120. The molecule has 1 atom stereocenters. The third-order valence-electron chi connectivity index (χ3n) is 4.97. The van der Waals surface area contributed by atoms with E-state index >= 15 is 0 Å². The summed E-state index contributed by atoms with van der Waals surface area (Å²) in [6.07, 6.45) is 1.02. The van der Waals surface area contributed by atoms with E-state index in [0.29, 0.717) is 18.4 Å². The van der Waals surface area contributed by atoms with Crippen LogP contribution < -0.4 is 0 Å². The Morgan fingerprint density at radius 2 is 1.54 bits per heavy atom. The molecule has 0 saturated heterocycles. The highest BCUT2D eigenvalue weighted by atomic mass is 19.1. The molecular formula is C25H20FNO. The molecule has 1 unspecified atom stereocenters. The van der Waals surface area contributed by atoms with E-state index in [1.165, 1.54) is 12.1 Å². The van der Waals surface area contributed by atoms with E-state index in [1.807, 2.05) is 72.8 Å². The van der Waals surface area contributed by atoms with Crippen LogP contribution in [0.4, 0.5) is 4.39 Å². The predicted molar refractivity (Wildman–Crippen MR) is 110 cm³/mol. The van der Waals surface area contributed by atoms with Crippen molar-refractivity contribution >= 4 is 16.7 Å². The molecule has 0 fully saturated rings. The monoisotopic (exact) mass is 369 g/mol. The third kappa shape index (κ3) is 4.15. The van der Waals surface area contributed by atoms with Gasteiger partial charge < -0.3 is 0 Å². The summed E-state index contributed by atoms with van der Waals surface area (Å²) in [6.45, 7) is 0. The standard InChI is InChI=1S/C25H20FNO/c26-22-13-11-19-12-14-23(27-24(19)17-22)15-21(18-7-3-1-4-8-18)16-25(28)20-9-5-2-6-10-20/h1-14,17,21H,15-16H2. The van der Waals surface area contributed by atoms with Crippen molar-refractivity contribution in [2.24, 2.45) is 0 Å². The number of carbonyl (C=O) groups excluding carboxylic acids is 1. The van der Waals surface area contributed by atoms with E-state index in [1.54, 1.807) is 6.07 Å². The molecule has 0 aliphatic heterocycles. The van der Waals surface area contributed by atoms with Crippen molar-refractivity contribution in [3.8, 4) is 0 Å². The first-order valence-electron chi connectivity index (χ1n) is 9.37. The number of ketones is 1. The molecule has 0 bridgehead atoms. The number of halogens is 1. The van der Waals surface area contributed by atoms with Gasteiger partial charge in [0, 0.05) is 29.1 Å². The number of carbonyl (C=O) groups is 1. The van der Waals surface area contributed by atoms with E-state index in [2.05, 4.69) is 4.98 Å². The minimum Gasteiger partial charge on any atom is -0.294 e. The van der Waals surface area contributed by atoms with Crippen molar-refractivity contribution in [1.82, 2.24) is 4.98 Å². The van der Waals surface area contributed by atoms with Crippen LogP contribution in [0.3, 0.4) is 0 Å². The average Bonchev–Trinajstić information content (AvgIpc) is 2.74. The van der Waals surface area contributed by atoms with Crippen LogP contribution in [0.25, 0.3) is 10.9 Å². The van der Waals surface area contributed by atoms with Crippen LogP contribution in [0.2, 0.25) is 0 Å². The molecule has 0 aliphatic rings. The van der Waals surface area contributed by atoms with E-state index in [-0.39, 0.29) is 17.5 Å². The molecule has 0 N–H and O–H groups in total. The molecular weight excluding hydrogens is 349 g/mol. The highest BCUT2D eigenvalue weighted by Gasteiger charge is 2.18. The Kier molecular flexibility index (Phi) is 5.24. The highest BCUT2D eigenvalue weighted by molar-refractivity contribution is 5.96. The zero-order chi connectivity index (χ0) is 19.3. The van der Waals surface area contributed by atoms with Crippen LogP contribution in [-0.4, -0.2) is 10.8 Å². The zero-order valence-electron chi connectivity index (χ0n) is 15.4. The van der Waals surface area contributed by atoms with Crippen molar-refractivity contribution in [3.63, 3.8) is 0 Å². The second-order valence-corrected chi connectivity index (χ2v) is 6.94. The fourth-order valence-electron chi connectivity index (χ4n) is 3.50. The van der Waals surface area contributed by atoms with E-state index in [9.17, 15) is 9.18 Å². The lowest BCUT2D eigenvalue weighted by molar-refractivity contribution is 0.0973. The lowest BCUT2D eigenvalue weighted by Gasteiger charge is -2.17. The summed E-state index contributed by atoms with van der Waals surface area (Å²) in [5.41, 5.74) is 3.32. The maximum Gasteiger partial charge on any atom is 0.163 e. The Morgan fingerprint density at radius 3 is 2.29 bits per heavy atom. The van der Waals surface area contributed by atoms with Crippen LogP contribution in [-0.2, 0) is 6.42 Å². The molecule has 0 spiro atoms. The van der Waals surface area contributed by atoms with Crippen LogP contribution >= 0.6 is 0 Å². The quantitative estimate of drug-likeness (QED) is 0.392. The first-order chi connectivity index (χ1) is 13.7. The highest BCUT2D eigenvalue weighted by Crippen LogP contribution is 2.26. The van der Waals surface area contributed by atoms with Crippen molar-refractivity contribution in [3.05, 3.63) is 114 Å². The summed E-state index contributed by atoms with van der Waals surface area (Å²) in [6, 6.07) is 27.9. The lowest BCUT2D eigenvalue weighted by atomic mass is 9.87.